The van der Waals surface area contributed by atoms with Gasteiger partial charge in [0.05, 0.1) is 10.8 Å². The largest absolute Gasteiger partial charge is 0.484 e. The van der Waals surface area contributed by atoms with Crippen molar-refractivity contribution in [2.45, 2.75) is 25.9 Å². The van der Waals surface area contributed by atoms with E-state index in [0.717, 1.165) is 18.2 Å². The third kappa shape index (κ3) is 6.40. The van der Waals surface area contributed by atoms with Gasteiger partial charge in [-0.3, -0.25) is 19.7 Å². The number of hydrogen-bond acceptors (Lipinski definition) is 6. The molecule has 0 radical (unpaired) electrons. The average Bonchev–Trinajstić information content (AvgIpc) is 2.76. The fraction of sp³-hybridized carbons (Fsp3) is 0.381. The number of nitro groups is 1. The molecule has 1 saturated heterocycles. The molecule has 1 N–H and O–H groups in total. The van der Waals surface area contributed by atoms with E-state index >= 15 is 0 Å². The van der Waals surface area contributed by atoms with Gasteiger partial charge in [0, 0.05) is 24.8 Å². The molecule has 1 aliphatic heterocycles. The molecule has 9 nitrogen and oxygen atoms in total. The first kappa shape index (κ1) is 24.0. The molecule has 1 aliphatic rings. The molecule has 1 fully saturated rings. The summed E-state index contributed by atoms with van der Waals surface area (Å²) in [4.78, 5) is 41.8. The van der Waals surface area contributed by atoms with Crippen LogP contribution in [0.15, 0.2) is 36.4 Å². The predicted molar refractivity (Wildman–Crippen MR) is 111 cm³/mol. The number of nitro benzene ring substituents is 1. The second kappa shape index (κ2) is 9.84. The predicted octanol–water partition coefficient (Wildman–Crippen LogP) is 3.73. The molecule has 0 spiro atoms. The Balaban J connectivity index is 1.76. The topological polar surface area (TPSA) is 115 Å². The number of carbonyl (C=O) groups excluding carboxylic acids is 2. The molecule has 1 aromatic heterocycles. The van der Waals surface area contributed by atoms with E-state index in [1.807, 2.05) is 0 Å². The third-order valence-corrected chi connectivity index (χ3v) is 5.02. The minimum Gasteiger partial charge on any atom is -0.484 e. The summed E-state index contributed by atoms with van der Waals surface area (Å²) in [6, 6.07) is 8.00. The number of pyridine rings is 1. The van der Waals surface area contributed by atoms with E-state index in [9.17, 15) is 32.9 Å². The number of carbonyl (C=O) groups is 2. The van der Waals surface area contributed by atoms with E-state index in [1.165, 1.54) is 4.90 Å². The van der Waals surface area contributed by atoms with Gasteiger partial charge >= 0.3 is 6.18 Å². The van der Waals surface area contributed by atoms with Gasteiger partial charge in [-0.15, -0.1) is 0 Å². The van der Waals surface area contributed by atoms with Gasteiger partial charge in [-0.2, -0.15) is 13.2 Å². The Morgan fingerprint density at radius 3 is 2.73 bits per heavy atom. The smallest absolute Gasteiger partial charge is 0.422 e. The summed E-state index contributed by atoms with van der Waals surface area (Å²) < 4.78 is 42.0. The van der Waals surface area contributed by atoms with Gasteiger partial charge in [0.2, 0.25) is 5.91 Å². The van der Waals surface area contributed by atoms with Crippen molar-refractivity contribution in [2.24, 2.45) is 5.92 Å². The highest BCUT2D eigenvalue weighted by atomic mass is 19.4. The lowest BCUT2D eigenvalue weighted by atomic mass is 9.96. The molecule has 0 bridgehead atoms. The summed E-state index contributed by atoms with van der Waals surface area (Å²) in [5.41, 5.74) is -0.246. The molecule has 2 heterocycles. The fourth-order valence-electron chi connectivity index (χ4n) is 3.49. The maximum Gasteiger partial charge on any atom is 0.422 e. The van der Waals surface area contributed by atoms with E-state index in [-0.39, 0.29) is 24.7 Å². The summed E-state index contributed by atoms with van der Waals surface area (Å²) >= 11 is 0. The summed E-state index contributed by atoms with van der Waals surface area (Å²) in [6.07, 6.45) is -3.63. The van der Waals surface area contributed by atoms with Crippen molar-refractivity contribution in [1.29, 1.82) is 0 Å². The molecule has 1 aromatic carbocycles. The van der Waals surface area contributed by atoms with Crippen molar-refractivity contribution >= 4 is 23.3 Å². The number of halogens is 3. The Morgan fingerprint density at radius 2 is 2.06 bits per heavy atom. The average molecular weight is 466 g/mol. The van der Waals surface area contributed by atoms with Crippen molar-refractivity contribution in [1.82, 2.24) is 9.88 Å². The lowest BCUT2D eigenvalue weighted by Gasteiger charge is -2.32. The first-order valence-electron chi connectivity index (χ1n) is 10.1. The molecule has 1 unspecified atom stereocenters. The Morgan fingerprint density at radius 1 is 1.30 bits per heavy atom. The molecular formula is C21H21F3N4O5. The Kier molecular flexibility index (Phi) is 7.14. The summed E-state index contributed by atoms with van der Waals surface area (Å²) in [6.45, 7) is 0.422. The van der Waals surface area contributed by atoms with E-state index in [0.29, 0.717) is 24.4 Å². The second-order valence-corrected chi connectivity index (χ2v) is 7.58. The SMILES string of the molecule is Cc1cccc(NC(=O)C2CCCN(C(=O)c3cc(OCC(F)(F)F)ccc3[N+](=O)[O-])C2)n1. The number of rotatable bonds is 6. The summed E-state index contributed by atoms with van der Waals surface area (Å²) in [5.74, 6) is -1.63. The first-order chi connectivity index (χ1) is 15.5. The van der Waals surface area contributed by atoms with Crippen LogP contribution in [-0.4, -0.2) is 52.5 Å². The lowest BCUT2D eigenvalue weighted by Crippen LogP contribution is -2.44. The van der Waals surface area contributed by atoms with Gasteiger partial charge in [0.25, 0.3) is 11.6 Å². The van der Waals surface area contributed by atoms with Crippen molar-refractivity contribution in [3.8, 4) is 5.75 Å². The number of alkyl halides is 3. The van der Waals surface area contributed by atoms with Crippen LogP contribution in [0.4, 0.5) is 24.7 Å². The number of aryl methyl sites for hydroxylation is 1. The van der Waals surface area contributed by atoms with Crippen LogP contribution in [0.3, 0.4) is 0 Å². The standard InChI is InChI=1S/C21H21F3N4O5/c1-13-4-2-6-18(25-13)26-19(29)14-5-3-9-27(11-14)20(30)16-10-15(33-12-21(22,23)24)7-8-17(16)28(31)32/h2,4,6-8,10,14H,3,5,9,11-12H2,1H3,(H,25,26,29). The highest BCUT2D eigenvalue weighted by Crippen LogP contribution is 2.29. The minimum absolute atomic E-state index is 0.00126. The first-order valence-corrected chi connectivity index (χ1v) is 10.1. The van der Waals surface area contributed by atoms with Gasteiger partial charge in [0.1, 0.15) is 17.1 Å². The van der Waals surface area contributed by atoms with Crippen LogP contribution in [0.2, 0.25) is 0 Å². The van der Waals surface area contributed by atoms with Gasteiger partial charge < -0.3 is 15.0 Å². The number of nitrogens with one attached hydrogen (secondary N) is 1. The van der Waals surface area contributed by atoms with Crippen molar-refractivity contribution < 1.29 is 32.4 Å². The Hall–Kier alpha value is -3.70. The number of anilines is 1. The van der Waals surface area contributed by atoms with Crippen LogP contribution >= 0.6 is 0 Å². The summed E-state index contributed by atoms with van der Waals surface area (Å²) in [5, 5.41) is 14.1. The molecular weight excluding hydrogens is 445 g/mol. The normalized spacial score (nSPS) is 16.2. The zero-order chi connectivity index (χ0) is 24.2. The van der Waals surface area contributed by atoms with Gasteiger partial charge in [-0.1, -0.05) is 6.07 Å². The van der Waals surface area contributed by atoms with Crippen LogP contribution in [0.1, 0.15) is 28.9 Å². The number of aromatic nitrogens is 1. The Labute approximate surface area is 186 Å². The zero-order valence-electron chi connectivity index (χ0n) is 17.6. The maximum atomic E-state index is 13.0. The zero-order valence-corrected chi connectivity index (χ0v) is 17.6. The molecule has 12 heteroatoms. The van der Waals surface area contributed by atoms with E-state index in [1.54, 1.807) is 25.1 Å². The molecule has 176 valence electrons. The monoisotopic (exact) mass is 466 g/mol. The van der Waals surface area contributed by atoms with Crippen molar-refractivity contribution in [3.63, 3.8) is 0 Å². The number of benzene rings is 1. The fourth-order valence-corrected chi connectivity index (χ4v) is 3.49. The number of ether oxygens (including phenoxy) is 1. The molecule has 2 amide bonds. The molecule has 1 atom stereocenters. The summed E-state index contributed by atoms with van der Waals surface area (Å²) in [7, 11) is 0. The van der Waals surface area contributed by atoms with E-state index < -0.39 is 40.8 Å². The molecule has 0 aliphatic carbocycles. The van der Waals surface area contributed by atoms with E-state index in [2.05, 4.69) is 15.0 Å². The number of hydrogen-bond donors (Lipinski definition) is 1. The molecule has 33 heavy (non-hydrogen) atoms. The van der Waals surface area contributed by atoms with Crippen LogP contribution in [0, 0.1) is 23.0 Å². The highest BCUT2D eigenvalue weighted by Gasteiger charge is 2.33. The second-order valence-electron chi connectivity index (χ2n) is 7.58. The number of piperidine rings is 1. The van der Waals surface area contributed by atoms with Crippen LogP contribution in [-0.2, 0) is 4.79 Å². The van der Waals surface area contributed by atoms with Crippen LogP contribution in [0.5, 0.6) is 5.75 Å². The van der Waals surface area contributed by atoms with Gasteiger partial charge in [0.15, 0.2) is 6.61 Å². The minimum atomic E-state index is -4.61. The number of likely N-dealkylation sites (tertiary alicyclic amines) is 1. The maximum absolute atomic E-state index is 13.0. The molecule has 0 saturated carbocycles. The number of nitrogens with zero attached hydrogens (tertiary/aromatic N) is 3. The third-order valence-electron chi connectivity index (χ3n) is 5.02. The Bertz CT molecular complexity index is 1060. The molecule has 3 rings (SSSR count). The van der Waals surface area contributed by atoms with Gasteiger partial charge in [-0.25, -0.2) is 4.98 Å². The lowest BCUT2D eigenvalue weighted by molar-refractivity contribution is -0.385. The van der Waals surface area contributed by atoms with Gasteiger partial charge in [-0.05, 0) is 44.0 Å². The van der Waals surface area contributed by atoms with Crippen LogP contribution < -0.4 is 10.1 Å². The van der Waals surface area contributed by atoms with Crippen LogP contribution in [0.25, 0.3) is 0 Å². The number of amides is 2. The van der Waals surface area contributed by atoms with E-state index in [4.69, 9.17) is 0 Å². The molecule has 2 aromatic rings. The van der Waals surface area contributed by atoms with Crippen molar-refractivity contribution in [3.05, 3.63) is 57.8 Å². The highest BCUT2D eigenvalue weighted by molar-refractivity contribution is 5.99. The van der Waals surface area contributed by atoms with Crippen molar-refractivity contribution in [2.75, 3.05) is 25.0 Å². The quantitative estimate of drug-likeness (QED) is 0.513.